The van der Waals surface area contributed by atoms with Crippen LogP contribution in [0.1, 0.15) is 29.6 Å². The predicted octanol–water partition coefficient (Wildman–Crippen LogP) is 3.79. The number of hydrogen-bond donors (Lipinski definition) is 1. The van der Waals surface area contributed by atoms with Crippen LogP contribution < -0.4 is 9.47 Å². The number of carboxylic acids is 1. The van der Waals surface area contributed by atoms with E-state index < -0.39 is 16.0 Å². The number of hydrogen-bond acceptors (Lipinski definition) is 6. The Morgan fingerprint density at radius 3 is 2.34 bits per heavy atom. The monoisotopic (exact) mass is 456 g/mol. The molecular weight excluding hydrogens is 432 g/mol. The van der Waals surface area contributed by atoms with Gasteiger partial charge in [0.25, 0.3) is 0 Å². The molecule has 0 atom stereocenters. The van der Waals surface area contributed by atoms with Crippen LogP contribution in [0.5, 0.6) is 11.5 Å². The Balaban J connectivity index is 1.83. The molecule has 9 heteroatoms. The Kier molecular flexibility index (Phi) is 6.03. The van der Waals surface area contributed by atoms with Crippen molar-refractivity contribution in [2.45, 2.75) is 24.2 Å². The van der Waals surface area contributed by atoms with Crippen LogP contribution in [0.25, 0.3) is 22.2 Å². The molecule has 1 N–H and O–H groups in total. The number of methoxy groups -OCH3 is 2. The Morgan fingerprint density at radius 1 is 0.969 bits per heavy atom. The number of rotatable bonds is 6. The third-order valence-corrected chi connectivity index (χ3v) is 7.54. The second kappa shape index (κ2) is 8.76. The van der Waals surface area contributed by atoms with Gasteiger partial charge in [0, 0.05) is 24.0 Å². The molecular formula is C23H24N2O6S. The number of aromatic carboxylic acids is 1. The molecule has 3 aromatic rings. The molecule has 0 radical (unpaired) electrons. The fourth-order valence-corrected chi connectivity index (χ4v) is 5.48. The minimum absolute atomic E-state index is 0.0181. The highest BCUT2D eigenvalue weighted by molar-refractivity contribution is 7.89. The molecule has 2 aromatic carbocycles. The maximum atomic E-state index is 13.1. The maximum Gasteiger partial charge on any atom is 0.336 e. The number of sulfonamides is 1. The molecule has 1 aliphatic heterocycles. The summed E-state index contributed by atoms with van der Waals surface area (Å²) in [4.78, 5) is 16.7. The van der Waals surface area contributed by atoms with E-state index in [-0.39, 0.29) is 15.8 Å². The number of pyridine rings is 1. The molecule has 0 aliphatic carbocycles. The van der Waals surface area contributed by atoms with Crippen molar-refractivity contribution >= 4 is 26.9 Å². The normalized spacial score (nSPS) is 14.9. The lowest BCUT2D eigenvalue weighted by atomic mass is 10.0. The highest BCUT2D eigenvalue weighted by Crippen LogP contribution is 2.34. The Labute approximate surface area is 186 Å². The van der Waals surface area contributed by atoms with E-state index in [1.165, 1.54) is 36.7 Å². The van der Waals surface area contributed by atoms with E-state index in [1.807, 2.05) is 0 Å². The molecule has 1 fully saturated rings. The van der Waals surface area contributed by atoms with Crippen molar-refractivity contribution in [1.82, 2.24) is 9.29 Å². The van der Waals surface area contributed by atoms with Crippen LogP contribution in [0, 0.1) is 0 Å². The lowest BCUT2D eigenvalue weighted by Crippen LogP contribution is -2.35. The molecule has 0 unspecified atom stereocenters. The van der Waals surface area contributed by atoms with Crippen molar-refractivity contribution in [3.8, 4) is 22.8 Å². The fraction of sp³-hybridized carbons (Fsp3) is 0.304. The van der Waals surface area contributed by atoms with Crippen LogP contribution >= 0.6 is 0 Å². The van der Waals surface area contributed by atoms with Crippen molar-refractivity contribution in [3.63, 3.8) is 0 Å². The molecule has 8 nitrogen and oxygen atoms in total. The number of ether oxygens (including phenoxy) is 2. The van der Waals surface area contributed by atoms with Gasteiger partial charge in [-0.3, -0.25) is 0 Å². The lowest BCUT2D eigenvalue weighted by molar-refractivity contribution is 0.0699. The lowest BCUT2D eigenvalue weighted by Gasteiger charge is -2.26. The molecule has 32 heavy (non-hydrogen) atoms. The smallest absolute Gasteiger partial charge is 0.336 e. The second-order valence-corrected chi connectivity index (χ2v) is 9.51. The van der Waals surface area contributed by atoms with Crippen molar-refractivity contribution in [1.29, 1.82) is 0 Å². The minimum Gasteiger partial charge on any atom is -0.493 e. The SMILES string of the molecule is COc1ccc(-c2cc(C(=O)O)c3cc(S(=O)(=O)N4CCCCC4)ccc3n2)cc1OC. The third-order valence-electron chi connectivity index (χ3n) is 5.64. The van der Waals surface area contributed by atoms with E-state index in [1.54, 1.807) is 24.3 Å². The number of aromatic nitrogens is 1. The van der Waals surface area contributed by atoms with E-state index in [9.17, 15) is 18.3 Å². The summed E-state index contributed by atoms with van der Waals surface area (Å²) in [6, 6.07) is 11.1. The van der Waals surface area contributed by atoms with Gasteiger partial charge in [0.1, 0.15) is 0 Å². The molecule has 1 aliphatic rings. The summed E-state index contributed by atoms with van der Waals surface area (Å²) in [5.41, 5.74) is 1.46. The first-order valence-corrected chi connectivity index (χ1v) is 11.7. The van der Waals surface area contributed by atoms with Gasteiger partial charge in [-0.25, -0.2) is 18.2 Å². The molecule has 0 spiro atoms. The first-order valence-electron chi connectivity index (χ1n) is 10.3. The average Bonchev–Trinajstić information content (AvgIpc) is 2.82. The van der Waals surface area contributed by atoms with Gasteiger partial charge in [-0.1, -0.05) is 6.42 Å². The number of carboxylic acid groups (broad SMARTS) is 1. The first kappa shape index (κ1) is 22.0. The molecule has 0 saturated carbocycles. The van der Waals surface area contributed by atoms with Gasteiger partial charge in [-0.05, 0) is 55.3 Å². The fourth-order valence-electron chi connectivity index (χ4n) is 3.94. The number of fused-ring (bicyclic) bond motifs is 1. The molecule has 0 bridgehead atoms. The van der Waals surface area contributed by atoms with E-state index >= 15 is 0 Å². The minimum atomic E-state index is -3.69. The zero-order valence-corrected chi connectivity index (χ0v) is 18.7. The van der Waals surface area contributed by atoms with Gasteiger partial charge in [0.2, 0.25) is 10.0 Å². The van der Waals surface area contributed by atoms with E-state index in [0.717, 1.165) is 19.3 Å². The van der Waals surface area contributed by atoms with Crippen LogP contribution in [0.4, 0.5) is 0 Å². The van der Waals surface area contributed by atoms with Crippen molar-refractivity contribution in [2.75, 3.05) is 27.3 Å². The molecule has 1 aromatic heterocycles. The number of nitrogens with zero attached hydrogens (tertiary/aromatic N) is 2. The quantitative estimate of drug-likeness (QED) is 0.601. The molecule has 168 valence electrons. The van der Waals surface area contributed by atoms with Crippen molar-refractivity contribution < 1.29 is 27.8 Å². The number of piperidine rings is 1. The zero-order valence-electron chi connectivity index (χ0n) is 17.9. The number of benzene rings is 2. The highest BCUT2D eigenvalue weighted by Gasteiger charge is 2.27. The van der Waals surface area contributed by atoms with Crippen LogP contribution in [-0.4, -0.2) is 56.1 Å². The summed E-state index contributed by atoms with van der Waals surface area (Å²) < 4.78 is 38.2. The van der Waals surface area contributed by atoms with E-state index in [4.69, 9.17) is 9.47 Å². The molecule has 2 heterocycles. The summed E-state index contributed by atoms with van der Waals surface area (Å²) in [5.74, 6) is -0.124. The van der Waals surface area contributed by atoms with Gasteiger partial charge < -0.3 is 14.6 Å². The van der Waals surface area contributed by atoms with Gasteiger partial charge in [-0.15, -0.1) is 0 Å². The standard InChI is InChI=1S/C23H24N2O6S/c1-30-21-9-6-15(12-22(21)31-2)20-14-18(23(26)27)17-13-16(7-8-19(17)24-20)32(28,29)25-10-4-3-5-11-25/h6-9,12-14H,3-5,10-11H2,1-2H3,(H,26,27). The summed E-state index contributed by atoms with van der Waals surface area (Å²) >= 11 is 0. The highest BCUT2D eigenvalue weighted by atomic mass is 32.2. The molecule has 0 amide bonds. The second-order valence-electron chi connectivity index (χ2n) is 7.57. The predicted molar refractivity (Wildman–Crippen MR) is 120 cm³/mol. The van der Waals surface area contributed by atoms with Gasteiger partial charge in [0.15, 0.2) is 11.5 Å². The van der Waals surface area contributed by atoms with Crippen LogP contribution in [0.15, 0.2) is 47.4 Å². The third kappa shape index (κ3) is 4.01. The summed E-state index contributed by atoms with van der Waals surface area (Å²) in [6.07, 6.45) is 2.66. The van der Waals surface area contributed by atoms with Gasteiger partial charge in [-0.2, -0.15) is 4.31 Å². The topological polar surface area (TPSA) is 106 Å². The summed E-state index contributed by atoms with van der Waals surface area (Å²) in [6.45, 7) is 0.950. The maximum absolute atomic E-state index is 13.1. The molecule has 1 saturated heterocycles. The van der Waals surface area contributed by atoms with E-state index in [2.05, 4.69) is 4.98 Å². The Morgan fingerprint density at radius 2 is 1.69 bits per heavy atom. The van der Waals surface area contributed by atoms with Crippen molar-refractivity contribution in [3.05, 3.63) is 48.0 Å². The van der Waals surface area contributed by atoms with Crippen molar-refractivity contribution in [2.24, 2.45) is 0 Å². The van der Waals surface area contributed by atoms with Crippen LogP contribution in [-0.2, 0) is 10.0 Å². The summed E-state index contributed by atoms with van der Waals surface area (Å²) in [5, 5.41) is 10.1. The largest absolute Gasteiger partial charge is 0.493 e. The zero-order chi connectivity index (χ0) is 22.9. The molecule has 4 rings (SSSR count). The van der Waals surface area contributed by atoms with E-state index in [0.29, 0.717) is 41.4 Å². The Bertz CT molecular complexity index is 1280. The first-order chi connectivity index (χ1) is 15.3. The number of carbonyl (C=O) groups is 1. The van der Waals surface area contributed by atoms with Crippen LogP contribution in [0.3, 0.4) is 0 Å². The van der Waals surface area contributed by atoms with Gasteiger partial charge >= 0.3 is 5.97 Å². The van der Waals surface area contributed by atoms with Crippen LogP contribution in [0.2, 0.25) is 0 Å². The summed E-state index contributed by atoms with van der Waals surface area (Å²) in [7, 11) is -0.645. The average molecular weight is 457 g/mol. The van der Waals surface area contributed by atoms with Gasteiger partial charge in [0.05, 0.1) is 35.9 Å². The Hall–Kier alpha value is -3.17.